The monoisotopic (exact) mass is 273 g/mol. The Bertz CT molecular complexity index is 462. The lowest BCUT2D eigenvalue weighted by Gasteiger charge is -2.09. The van der Waals surface area contributed by atoms with Gasteiger partial charge in [0.05, 0.1) is 0 Å². The van der Waals surface area contributed by atoms with E-state index in [-0.39, 0.29) is 4.90 Å². The van der Waals surface area contributed by atoms with Gasteiger partial charge in [-0.15, -0.1) is 0 Å². The number of hydrogen-bond donors (Lipinski definition) is 2. The van der Waals surface area contributed by atoms with E-state index in [1.165, 1.54) is 6.07 Å². The first-order valence-electron chi connectivity index (χ1n) is 5.73. The predicted molar refractivity (Wildman–Crippen MR) is 70.1 cm³/mol. The second kappa shape index (κ2) is 7.30. The third kappa shape index (κ3) is 4.25. The van der Waals surface area contributed by atoms with E-state index in [0.29, 0.717) is 19.0 Å². The molecule has 0 bridgehead atoms. The maximum absolute atomic E-state index is 12.0. The highest BCUT2D eigenvalue weighted by Gasteiger charge is 2.17. The van der Waals surface area contributed by atoms with Crippen LogP contribution < -0.4 is 10.0 Å². The van der Waals surface area contributed by atoms with Crippen LogP contribution in [0, 0.1) is 0 Å². The topological polar surface area (TPSA) is 80.3 Å². The number of methoxy groups -OCH3 is 1. The fraction of sp³-hybridized carbons (Fsp3) is 0.545. The molecule has 0 aliphatic carbocycles. The Kier molecular flexibility index (Phi) is 6.03. The largest absolute Gasteiger partial charge is 0.385 e. The molecule has 0 saturated carbocycles. The molecule has 7 heteroatoms. The first kappa shape index (κ1) is 14.9. The third-order valence-electron chi connectivity index (χ3n) is 2.36. The van der Waals surface area contributed by atoms with E-state index < -0.39 is 10.0 Å². The quantitative estimate of drug-likeness (QED) is 0.686. The predicted octanol–water partition coefficient (Wildman–Crippen LogP) is 0.828. The van der Waals surface area contributed by atoms with Crippen molar-refractivity contribution in [3.8, 4) is 0 Å². The van der Waals surface area contributed by atoms with Gasteiger partial charge >= 0.3 is 0 Å². The van der Waals surface area contributed by atoms with Crippen LogP contribution in [0.4, 0.5) is 5.82 Å². The van der Waals surface area contributed by atoms with Crippen LogP contribution in [-0.2, 0) is 14.8 Å². The summed E-state index contributed by atoms with van der Waals surface area (Å²) in [5.74, 6) is 0.349. The average Bonchev–Trinajstić information content (AvgIpc) is 2.38. The van der Waals surface area contributed by atoms with Crippen LogP contribution in [0.3, 0.4) is 0 Å². The van der Waals surface area contributed by atoms with Gasteiger partial charge in [-0.2, -0.15) is 0 Å². The number of sulfonamides is 1. The molecule has 0 fully saturated rings. The molecule has 0 aromatic carbocycles. The molecule has 1 aromatic rings. The molecule has 0 amide bonds. The Labute approximate surface area is 108 Å². The van der Waals surface area contributed by atoms with Gasteiger partial charge in [0.25, 0.3) is 0 Å². The molecule has 0 spiro atoms. The number of hydrogen-bond acceptors (Lipinski definition) is 5. The first-order valence-corrected chi connectivity index (χ1v) is 7.21. The molecular weight excluding hydrogens is 254 g/mol. The van der Waals surface area contributed by atoms with Gasteiger partial charge in [0.15, 0.2) is 0 Å². The lowest BCUT2D eigenvalue weighted by atomic mass is 10.3. The number of unbranched alkanes of at least 4 members (excludes halogenated alkanes) is 1. The van der Waals surface area contributed by atoms with Crippen LogP contribution in [0.2, 0.25) is 0 Å². The number of nitrogens with one attached hydrogen (secondary N) is 2. The highest BCUT2D eigenvalue weighted by molar-refractivity contribution is 7.89. The van der Waals surface area contributed by atoms with Crippen molar-refractivity contribution in [1.82, 2.24) is 9.71 Å². The van der Waals surface area contributed by atoms with Crippen LogP contribution in [0.25, 0.3) is 0 Å². The van der Waals surface area contributed by atoms with Gasteiger partial charge in [0.2, 0.25) is 10.0 Å². The van der Waals surface area contributed by atoms with Crippen molar-refractivity contribution >= 4 is 15.8 Å². The Balaban J connectivity index is 2.63. The van der Waals surface area contributed by atoms with Crippen molar-refractivity contribution in [3.05, 3.63) is 18.3 Å². The minimum atomic E-state index is -3.51. The maximum Gasteiger partial charge on any atom is 0.244 e. The molecule has 102 valence electrons. The van der Waals surface area contributed by atoms with Crippen molar-refractivity contribution in [2.24, 2.45) is 0 Å². The first-order chi connectivity index (χ1) is 8.61. The number of rotatable bonds is 8. The SMILES string of the molecule is CNc1ncccc1S(=O)(=O)NCCCCOC. The van der Waals surface area contributed by atoms with Gasteiger partial charge in [0.1, 0.15) is 10.7 Å². The summed E-state index contributed by atoms with van der Waals surface area (Å²) in [6, 6.07) is 3.12. The fourth-order valence-electron chi connectivity index (χ4n) is 1.45. The minimum Gasteiger partial charge on any atom is -0.385 e. The number of aromatic nitrogens is 1. The molecule has 6 nitrogen and oxygen atoms in total. The van der Waals surface area contributed by atoms with E-state index in [1.54, 1.807) is 26.4 Å². The lowest BCUT2D eigenvalue weighted by molar-refractivity contribution is 0.193. The standard InChI is InChI=1S/C11H19N3O3S/c1-12-11-10(6-5-7-13-11)18(15,16)14-8-3-4-9-17-2/h5-7,14H,3-4,8-9H2,1-2H3,(H,12,13). The Morgan fingerprint density at radius 2 is 2.17 bits per heavy atom. The van der Waals surface area contributed by atoms with E-state index in [0.717, 1.165) is 12.8 Å². The zero-order chi connectivity index (χ0) is 13.4. The summed E-state index contributed by atoms with van der Waals surface area (Å²) >= 11 is 0. The zero-order valence-electron chi connectivity index (χ0n) is 10.6. The molecule has 0 aliphatic rings. The van der Waals surface area contributed by atoms with Gasteiger partial charge in [0, 0.05) is 33.5 Å². The van der Waals surface area contributed by atoms with E-state index >= 15 is 0 Å². The number of anilines is 1. The van der Waals surface area contributed by atoms with E-state index in [1.807, 2.05) is 0 Å². The summed E-state index contributed by atoms with van der Waals surface area (Å²) in [6.07, 6.45) is 3.11. The Hall–Kier alpha value is -1.18. The van der Waals surface area contributed by atoms with Crippen LogP contribution in [0.5, 0.6) is 0 Å². The summed E-state index contributed by atoms with van der Waals surface area (Å²) in [5, 5.41) is 2.76. The number of ether oxygens (including phenoxy) is 1. The lowest BCUT2D eigenvalue weighted by Crippen LogP contribution is -2.26. The smallest absolute Gasteiger partial charge is 0.244 e. The van der Waals surface area contributed by atoms with Crippen LogP contribution >= 0.6 is 0 Å². The van der Waals surface area contributed by atoms with Crippen molar-refractivity contribution < 1.29 is 13.2 Å². The van der Waals surface area contributed by atoms with Crippen molar-refractivity contribution in [2.75, 3.05) is 32.6 Å². The van der Waals surface area contributed by atoms with E-state index in [9.17, 15) is 8.42 Å². The summed E-state index contributed by atoms with van der Waals surface area (Å²) < 4.78 is 31.5. The van der Waals surface area contributed by atoms with E-state index in [4.69, 9.17) is 4.74 Å². The summed E-state index contributed by atoms with van der Waals surface area (Å²) in [4.78, 5) is 4.14. The minimum absolute atomic E-state index is 0.166. The van der Waals surface area contributed by atoms with Gasteiger partial charge in [-0.05, 0) is 25.0 Å². The molecule has 2 N–H and O–H groups in total. The normalized spacial score (nSPS) is 11.4. The summed E-state index contributed by atoms with van der Waals surface area (Å²) in [7, 11) is -0.243. The van der Waals surface area contributed by atoms with Gasteiger partial charge in [-0.1, -0.05) is 0 Å². The van der Waals surface area contributed by atoms with Crippen molar-refractivity contribution in [3.63, 3.8) is 0 Å². The van der Waals surface area contributed by atoms with Crippen molar-refractivity contribution in [2.45, 2.75) is 17.7 Å². The molecule has 0 aliphatic heterocycles. The molecule has 0 saturated heterocycles. The Morgan fingerprint density at radius 1 is 1.39 bits per heavy atom. The second-order valence-corrected chi connectivity index (χ2v) is 5.43. The molecule has 18 heavy (non-hydrogen) atoms. The highest BCUT2D eigenvalue weighted by Crippen LogP contribution is 2.16. The molecule has 0 unspecified atom stereocenters. The van der Waals surface area contributed by atoms with Crippen LogP contribution in [-0.4, -0.2) is 40.7 Å². The van der Waals surface area contributed by atoms with E-state index in [2.05, 4.69) is 15.0 Å². The number of pyridine rings is 1. The molecular formula is C11H19N3O3S. The highest BCUT2D eigenvalue weighted by atomic mass is 32.2. The second-order valence-electron chi connectivity index (χ2n) is 3.70. The molecule has 1 heterocycles. The summed E-state index contributed by atoms with van der Waals surface area (Å²) in [6.45, 7) is 1.03. The molecule has 1 rings (SSSR count). The third-order valence-corrected chi connectivity index (χ3v) is 3.86. The Morgan fingerprint density at radius 3 is 2.83 bits per heavy atom. The molecule has 0 radical (unpaired) electrons. The zero-order valence-corrected chi connectivity index (χ0v) is 11.5. The maximum atomic E-state index is 12.0. The van der Waals surface area contributed by atoms with Gasteiger partial charge < -0.3 is 10.1 Å². The fourth-order valence-corrected chi connectivity index (χ4v) is 2.69. The molecule has 0 atom stereocenters. The van der Waals surface area contributed by atoms with Gasteiger partial charge in [-0.25, -0.2) is 18.1 Å². The summed E-state index contributed by atoms with van der Waals surface area (Å²) in [5.41, 5.74) is 0. The molecule has 1 aromatic heterocycles. The van der Waals surface area contributed by atoms with Crippen molar-refractivity contribution in [1.29, 1.82) is 0 Å². The van der Waals surface area contributed by atoms with Crippen LogP contribution in [0.1, 0.15) is 12.8 Å². The number of nitrogens with zero attached hydrogens (tertiary/aromatic N) is 1. The average molecular weight is 273 g/mol. The van der Waals surface area contributed by atoms with Gasteiger partial charge in [-0.3, -0.25) is 0 Å². The van der Waals surface area contributed by atoms with Crippen LogP contribution in [0.15, 0.2) is 23.2 Å².